The maximum atomic E-state index is 12.9. The van der Waals surface area contributed by atoms with Gasteiger partial charge in [-0.3, -0.25) is 9.59 Å². The van der Waals surface area contributed by atoms with Gasteiger partial charge in [-0.25, -0.2) is 9.37 Å². The normalized spacial score (nSPS) is 10.5. The first kappa shape index (κ1) is 16.6. The van der Waals surface area contributed by atoms with E-state index in [4.69, 9.17) is 0 Å². The van der Waals surface area contributed by atoms with E-state index in [-0.39, 0.29) is 23.7 Å². The number of hydrogen-bond donors (Lipinski definition) is 2. The topological polar surface area (TPSA) is 74.8 Å². The molecule has 0 unspecified atom stereocenters. The lowest BCUT2D eigenvalue weighted by atomic mass is 10.1. The third kappa shape index (κ3) is 4.38. The Morgan fingerprint density at radius 1 is 1.16 bits per heavy atom. The van der Waals surface area contributed by atoms with Crippen LogP contribution in [0.15, 0.2) is 59.4 Å². The molecule has 3 aromatic rings. The number of aromatic nitrogens is 2. The zero-order valence-corrected chi connectivity index (χ0v) is 13.5. The highest BCUT2D eigenvalue weighted by Crippen LogP contribution is 2.19. The Bertz CT molecular complexity index is 965. The molecule has 1 amide bonds. The van der Waals surface area contributed by atoms with Gasteiger partial charge in [0, 0.05) is 23.0 Å². The van der Waals surface area contributed by atoms with Crippen molar-refractivity contribution in [2.24, 2.45) is 0 Å². The summed E-state index contributed by atoms with van der Waals surface area (Å²) in [7, 11) is 0. The standard InChI is InChI=1S/C19H16FN3O2/c1-12-9-17(24)23-19(21-12)14-3-2-4-16(11-14)22-18(25)10-13-5-7-15(20)8-6-13/h2-9,11H,10H2,1H3,(H,22,25)(H,21,23,24). The quantitative estimate of drug-likeness (QED) is 0.768. The molecule has 2 aromatic carbocycles. The van der Waals surface area contributed by atoms with Crippen molar-refractivity contribution >= 4 is 11.6 Å². The summed E-state index contributed by atoms with van der Waals surface area (Å²) in [5.41, 5.74) is 2.40. The van der Waals surface area contributed by atoms with E-state index in [0.29, 0.717) is 22.8 Å². The van der Waals surface area contributed by atoms with Crippen molar-refractivity contribution < 1.29 is 9.18 Å². The maximum Gasteiger partial charge on any atom is 0.251 e. The minimum Gasteiger partial charge on any atom is -0.326 e. The highest BCUT2D eigenvalue weighted by molar-refractivity contribution is 5.92. The van der Waals surface area contributed by atoms with Gasteiger partial charge in [-0.05, 0) is 36.8 Å². The number of aryl methyl sites for hydroxylation is 1. The molecule has 2 N–H and O–H groups in total. The van der Waals surface area contributed by atoms with Gasteiger partial charge >= 0.3 is 0 Å². The summed E-state index contributed by atoms with van der Waals surface area (Å²) in [5, 5.41) is 2.79. The lowest BCUT2D eigenvalue weighted by Crippen LogP contribution is -2.14. The van der Waals surface area contributed by atoms with Crippen molar-refractivity contribution in [2.45, 2.75) is 13.3 Å². The van der Waals surface area contributed by atoms with Crippen LogP contribution in [-0.4, -0.2) is 15.9 Å². The molecule has 0 saturated carbocycles. The van der Waals surface area contributed by atoms with Gasteiger partial charge in [-0.1, -0.05) is 24.3 Å². The van der Waals surface area contributed by atoms with Crippen molar-refractivity contribution in [2.75, 3.05) is 5.32 Å². The van der Waals surface area contributed by atoms with E-state index in [0.717, 1.165) is 5.56 Å². The molecular weight excluding hydrogens is 321 g/mol. The monoisotopic (exact) mass is 337 g/mol. The Balaban J connectivity index is 1.76. The van der Waals surface area contributed by atoms with Crippen LogP contribution in [0.1, 0.15) is 11.3 Å². The number of rotatable bonds is 4. The molecule has 5 nitrogen and oxygen atoms in total. The van der Waals surface area contributed by atoms with Crippen LogP contribution in [0.25, 0.3) is 11.4 Å². The van der Waals surface area contributed by atoms with E-state index in [1.54, 1.807) is 43.3 Å². The fourth-order valence-corrected chi connectivity index (χ4v) is 2.45. The number of halogens is 1. The van der Waals surface area contributed by atoms with Crippen LogP contribution in [0.5, 0.6) is 0 Å². The molecule has 6 heteroatoms. The molecule has 0 aliphatic carbocycles. The molecule has 25 heavy (non-hydrogen) atoms. The summed E-state index contributed by atoms with van der Waals surface area (Å²) in [6.45, 7) is 1.74. The summed E-state index contributed by atoms with van der Waals surface area (Å²) in [6, 6.07) is 14.3. The second-order valence-electron chi connectivity index (χ2n) is 5.67. The SMILES string of the molecule is Cc1cc(=O)[nH]c(-c2cccc(NC(=O)Cc3ccc(F)cc3)c2)n1. The second-order valence-corrected chi connectivity index (χ2v) is 5.67. The Morgan fingerprint density at radius 3 is 2.64 bits per heavy atom. The molecule has 0 aliphatic heterocycles. The van der Waals surface area contributed by atoms with E-state index in [2.05, 4.69) is 15.3 Å². The number of benzene rings is 2. The summed E-state index contributed by atoms with van der Waals surface area (Å²) in [4.78, 5) is 30.7. The molecule has 1 heterocycles. The van der Waals surface area contributed by atoms with Gasteiger partial charge in [0.2, 0.25) is 5.91 Å². The highest BCUT2D eigenvalue weighted by atomic mass is 19.1. The minimum atomic E-state index is -0.337. The molecule has 0 spiro atoms. The maximum absolute atomic E-state index is 12.9. The molecule has 0 atom stereocenters. The highest BCUT2D eigenvalue weighted by Gasteiger charge is 2.07. The van der Waals surface area contributed by atoms with Gasteiger partial charge in [-0.15, -0.1) is 0 Å². The molecule has 0 saturated heterocycles. The van der Waals surface area contributed by atoms with Crippen molar-refractivity contribution in [1.29, 1.82) is 0 Å². The summed E-state index contributed by atoms with van der Waals surface area (Å²) in [6.07, 6.45) is 0.143. The Kier molecular flexibility index (Phi) is 4.70. The summed E-state index contributed by atoms with van der Waals surface area (Å²) in [5.74, 6) is -0.106. The van der Waals surface area contributed by atoms with E-state index < -0.39 is 0 Å². The lowest BCUT2D eigenvalue weighted by Gasteiger charge is -2.08. The van der Waals surface area contributed by atoms with Gasteiger partial charge in [0.25, 0.3) is 5.56 Å². The van der Waals surface area contributed by atoms with E-state index >= 15 is 0 Å². The predicted octanol–water partition coefficient (Wildman–Crippen LogP) is 3.07. The average Bonchev–Trinajstić information content (AvgIpc) is 2.56. The second kappa shape index (κ2) is 7.09. The smallest absolute Gasteiger partial charge is 0.251 e. The van der Waals surface area contributed by atoms with Crippen molar-refractivity contribution in [3.63, 3.8) is 0 Å². The fraction of sp³-hybridized carbons (Fsp3) is 0.105. The first-order valence-corrected chi connectivity index (χ1v) is 7.72. The number of amides is 1. The number of aromatic amines is 1. The number of carbonyl (C=O) groups excluding carboxylic acids is 1. The summed E-state index contributed by atoms with van der Waals surface area (Å²) < 4.78 is 12.9. The van der Waals surface area contributed by atoms with Gasteiger partial charge in [0.15, 0.2) is 0 Å². The molecule has 0 radical (unpaired) electrons. The van der Waals surface area contributed by atoms with Crippen molar-refractivity contribution in [3.8, 4) is 11.4 Å². The number of nitrogens with one attached hydrogen (secondary N) is 2. The minimum absolute atomic E-state index is 0.143. The number of H-pyrrole nitrogens is 1. The van der Waals surface area contributed by atoms with Crippen LogP contribution >= 0.6 is 0 Å². The Labute approximate surface area is 143 Å². The van der Waals surface area contributed by atoms with Gasteiger partial charge in [0.05, 0.1) is 6.42 Å². The number of nitrogens with zero attached hydrogens (tertiary/aromatic N) is 1. The van der Waals surface area contributed by atoms with Crippen LogP contribution in [0.3, 0.4) is 0 Å². The van der Waals surface area contributed by atoms with Crippen molar-refractivity contribution in [3.05, 3.63) is 82.0 Å². The molecule has 126 valence electrons. The average molecular weight is 337 g/mol. The molecule has 0 aliphatic rings. The first-order chi connectivity index (χ1) is 12.0. The molecule has 0 bridgehead atoms. The van der Waals surface area contributed by atoms with Gasteiger partial charge in [0.1, 0.15) is 11.6 Å². The van der Waals surface area contributed by atoms with Crippen LogP contribution in [0, 0.1) is 12.7 Å². The number of anilines is 1. The van der Waals surface area contributed by atoms with Crippen LogP contribution in [-0.2, 0) is 11.2 Å². The van der Waals surface area contributed by atoms with E-state index in [1.807, 2.05) is 0 Å². The van der Waals surface area contributed by atoms with Crippen LogP contribution in [0.4, 0.5) is 10.1 Å². The van der Waals surface area contributed by atoms with Crippen LogP contribution in [0.2, 0.25) is 0 Å². The van der Waals surface area contributed by atoms with E-state index in [1.165, 1.54) is 18.2 Å². The molecule has 3 rings (SSSR count). The van der Waals surface area contributed by atoms with Gasteiger partial charge < -0.3 is 10.3 Å². The number of hydrogen-bond acceptors (Lipinski definition) is 3. The van der Waals surface area contributed by atoms with Crippen molar-refractivity contribution in [1.82, 2.24) is 9.97 Å². The van der Waals surface area contributed by atoms with Crippen LogP contribution < -0.4 is 10.9 Å². The molecule has 1 aromatic heterocycles. The zero-order chi connectivity index (χ0) is 17.8. The number of carbonyl (C=O) groups is 1. The molecular formula is C19H16FN3O2. The van der Waals surface area contributed by atoms with E-state index in [9.17, 15) is 14.0 Å². The predicted molar refractivity (Wildman–Crippen MR) is 93.8 cm³/mol. The largest absolute Gasteiger partial charge is 0.326 e. The third-order valence-electron chi connectivity index (χ3n) is 3.57. The molecule has 0 fully saturated rings. The Hall–Kier alpha value is -3.28. The third-order valence-corrected chi connectivity index (χ3v) is 3.57. The first-order valence-electron chi connectivity index (χ1n) is 7.72. The zero-order valence-electron chi connectivity index (χ0n) is 13.5. The fourth-order valence-electron chi connectivity index (χ4n) is 2.45. The Morgan fingerprint density at radius 2 is 1.92 bits per heavy atom. The van der Waals surface area contributed by atoms with Gasteiger partial charge in [-0.2, -0.15) is 0 Å². The lowest BCUT2D eigenvalue weighted by molar-refractivity contribution is -0.115. The summed E-state index contributed by atoms with van der Waals surface area (Å²) >= 11 is 0.